The van der Waals surface area contributed by atoms with E-state index < -0.39 is 0 Å². The minimum atomic E-state index is -0.306. The second-order valence-electron chi connectivity index (χ2n) is 5.16. The molecule has 0 bridgehead atoms. The Bertz CT molecular complexity index is 981. The van der Waals surface area contributed by atoms with Crippen molar-refractivity contribution in [3.8, 4) is 6.07 Å². The minimum absolute atomic E-state index is 0.0998. The van der Waals surface area contributed by atoms with Crippen molar-refractivity contribution in [1.82, 2.24) is 4.98 Å². The van der Waals surface area contributed by atoms with Gasteiger partial charge in [0, 0.05) is 32.6 Å². The Balaban J connectivity index is 1.98. The molecule has 0 unspecified atom stereocenters. The summed E-state index contributed by atoms with van der Waals surface area (Å²) in [5.41, 5.74) is 2.16. The van der Waals surface area contributed by atoms with E-state index in [1.54, 1.807) is 42.2 Å². The number of Topliss-reactive ketones (excluding diaryl/α,β-unsaturated/α-hetero) is 1. The highest BCUT2D eigenvalue weighted by atomic mass is 35.5. The van der Waals surface area contributed by atoms with Crippen LogP contribution in [0.15, 0.2) is 59.1 Å². The third kappa shape index (κ3) is 3.23. The van der Waals surface area contributed by atoms with Gasteiger partial charge in [-0.05, 0) is 42.2 Å². The number of aromatic nitrogens is 1. The number of nitriles is 1. The fourth-order valence-electron chi connectivity index (χ4n) is 2.45. The Morgan fingerprint density at radius 2 is 2.00 bits per heavy atom. The van der Waals surface area contributed by atoms with Gasteiger partial charge in [0.1, 0.15) is 11.6 Å². The molecule has 0 saturated carbocycles. The highest BCUT2D eigenvalue weighted by Gasteiger charge is 2.16. The summed E-state index contributed by atoms with van der Waals surface area (Å²) in [6.07, 6.45) is 5.23. The second-order valence-corrected chi connectivity index (χ2v) is 6.48. The maximum Gasteiger partial charge on any atom is 0.205 e. The van der Waals surface area contributed by atoms with Crippen LogP contribution in [0.4, 0.5) is 0 Å². The summed E-state index contributed by atoms with van der Waals surface area (Å²) in [5.74, 6) is -0.306. The van der Waals surface area contributed by atoms with Gasteiger partial charge in [0.25, 0.3) is 0 Å². The van der Waals surface area contributed by atoms with Crippen LogP contribution in [0.2, 0.25) is 5.02 Å². The summed E-state index contributed by atoms with van der Waals surface area (Å²) in [6.45, 7) is 0. The van der Waals surface area contributed by atoms with Gasteiger partial charge in [-0.2, -0.15) is 5.26 Å². The van der Waals surface area contributed by atoms with Crippen LogP contribution in [0.25, 0.3) is 17.0 Å². The predicted octanol–water partition coefficient (Wildman–Crippen LogP) is 5.33. The molecule has 2 aromatic carbocycles. The number of nitrogens with one attached hydrogen (secondary N) is 1. The van der Waals surface area contributed by atoms with E-state index in [0.717, 1.165) is 21.4 Å². The van der Waals surface area contributed by atoms with Crippen LogP contribution in [-0.4, -0.2) is 17.0 Å². The first-order chi connectivity index (χ1) is 11.6. The molecule has 0 spiro atoms. The number of ketones is 1. The summed E-state index contributed by atoms with van der Waals surface area (Å²) in [4.78, 5) is 16.9. The Labute approximate surface area is 148 Å². The number of hydrogen-bond acceptors (Lipinski definition) is 3. The third-order valence-corrected chi connectivity index (χ3v) is 4.66. The Kier molecular flexibility index (Phi) is 4.75. The number of halogens is 1. The molecule has 1 aromatic heterocycles. The number of thioether (sulfide) groups is 1. The lowest BCUT2D eigenvalue weighted by Gasteiger charge is -2.00. The van der Waals surface area contributed by atoms with Gasteiger partial charge in [0.2, 0.25) is 5.78 Å². The molecular weight excluding hydrogens is 340 g/mol. The molecule has 3 rings (SSSR count). The normalized spacial score (nSPS) is 11.5. The van der Waals surface area contributed by atoms with Crippen LogP contribution >= 0.6 is 23.4 Å². The standard InChI is InChI=1S/C19H13ClN2OS/c1-24-15-5-2-12(3-6-15)8-13(10-21)19(23)17-11-22-18-9-14(20)4-7-16(17)18/h2-9,11,22H,1H3/b13-8+. The maximum atomic E-state index is 12.7. The molecule has 3 aromatic rings. The van der Waals surface area contributed by atoms with Gasteiger partial charge >= 0.3 is 0 Å². The van der Waals surface area contributed by atoms with Gasteiger partial charge in [-0.3, -0.25) is 4.79 Å². The fraction of sp³-hybridized carbons (Fsp3) is 0.0526. The predicted molar refractivity (Wildman–Crippen MR) is 99.5 cm³/mol. The van der Waals surface area contributed by atoms with Crippen LogP contribution in [0.1, 0.15) is 15.9 Å². The summed E-state index contributed by atoms with van der Waals surface area (Å²) in [6, 6.07) is 15.0. The number of fused-ring (bicyclic) bond motifs is 1. The molecule has 1 N–H and O–H groups in total. The monoisotopic (exact) mass is 352 g/mol. The largest absolute Gasteiger partial charge is 0.360 e. The number of rotatable bonds is 4. The molecule has 24 heavy (non-hydrogen) atoms. The van der Waals surface area contributed by atoms with E-state index in [9.17, 15) is 10.1 Å². The van der Waals surface area contributed by atoms with Crippen molar-refractivity contribution in [1.29, 1.82) is 5.26 Å². The zero-order chi connectivity index (χ0) is 17.1. The molecule has 0 amide bonds. The lowest BCUT2D eigenvalue weighted by atomic mass is 10.0. The highest BCUT2D eigenvalue weighted by Crippen LogP contribution is 2.25. The number of aromatic amines is 1. The molecule has 5 heteroatoms. The van der Waals surface area contributed by atoms with Crippen molar-refractivity contribution in [2.24, 2.45) is 0 Å². The summed E-state index contributed by atoms with van der Waals surface area (Å²) in [7, 11) is 0. The van der Waals surface area contributed by atoms with E-state index in [4.69, 9.17) is 11.6 Å². The van der Waals surface area contributed by atoms with Crippen LogP contribution in [-0.2, 0) is 0 Å². The van der Waals surface area contributed by atoms with Crippen molar-refractivity contribution in [2.75, 3.05) is 6.26 Å². The molecule has 0 saturated heterocycles. The van der Waals surface area contributed by atoms with E-state index in [-0.39, 0.29) is 11.4 Å². The molecule has 3 nitrogen and oxygen atoms in total. The van der Waals surface area contributed by atoms with E-state index in [1.165, 1.54) is 0 Å². The van der Waals surface area contributed by atoms with Crippen molar-refractivity contribution in [3.63, 3.8) is 0 Å². The lowest BCUT2D eigenvalue weighted by molar-refractivity contribution is 0.104. The van der Waals surface area contributed by atoms with Crippen LogP contribution in [0.3, 0.4) is 0 Å². The van der Waals surface area contributed by atoms with Crippen molar-refractivity contribution < 1.29 is 4.79 Å². The number of H-pyrrole nitrogens is 1. The third-order valence-electron chi connectivity index (χ3n) is 3.68. The van der Waals surface area contributed by atoms with Crippen molar-refractivity contribution in [3.05, 3.63) is 70.4 Å². The number of carbonyl (C=O) groups is 1. The topological polar surface area (TPSA) is 56.6 Å². The first-order valence-electron chi connectivity index (χ1n) is 7.19. The number of carbonyl (C=O) groups excluding carboxylic acids is 1. The molecule has 0 radical (unpaired) electrons. The maximum absolute atomic E-state index is 12.7. The molecule has 1 heterocycles. The first kappa shape index (κ1) is 16.4. The van der Waals surface area contributed by atoms with Gasteiger partial charge in [-0.15, -0.1) is 11.8 Å². The minimum Gasteiger partial charge on any atom is -0.360 e. The van der Waals surface area contributed by atoms with Crippen LogP contribution < -0.4 is 0 Å². The molecule has 0 aliphatic carbocycles. The number of allylic oxidation sites excluding steroid dienone is 1. The summed E-state index contributed by atoms with van der Waals surface area (Å²) in [5, 5.41) is 10.7. The Morgan fingerprint density at radius 3 is 2.67 bits per heavy atom. The van der Waals surface area contributed by atoms with Crippen molar-refractivity contribution >= 4 is 46.1 Å². The van der Waals surface area contributed by atoms with Crippen LogP contribution in [0, 0.1) is 11.3 Å². The smallest absolute Gasteiger partial charge is 0.205 e. The van der Waals surface area contributed by atoms with Crippen LogP contribution in [0.5, 0.6) is 0 Å². The SMILES string of the molecule is CSc1ccc(/C=C(\C#N)C(=O)c2c[nH]c3cc(Cl)ccc23)cc1. The number of nitrogens with zero attached hydrogens (tertiary/aromatic N) is 1. The van der Waals surface area contributed by atoms with E-state index in [1.807, 2.05) is 36.6 Å². The Morgan fingerprint density at radius 1 is 1.25 bits per heavy atom. The van der Waals surface area contributed by atoms with E-state index >= 15 is 0 Å². The van der Waals surface area contributed by atoms with Gasteiger partial charge in [-0.1, -0.05) is 29.8 Å². The van der Waals surface area contributed by atoms with E-state index in [0.29, 0.717) is 10.6 Å². The van der Waals surface area contributed by atoms with Gasteiger partial charge in [-0.25, -0.2) is 0 Å². The lowest BCUT2D eigenvalue weighted by Crippen LogP contribution is -2.01. The first-order valence-corrected chi connectivity index (χ1v) is 8.80. The quantitative estimate of drug-likeness (QED) is 0.298. The zero-order valence-electron chi connectivity index (χ0n) is 12.8. The average Bonchev–Trinajstić information content (AvgIpc) is 3.02. The summed E-state index contributed by atoms with van der Waals surface area (Å²) < 4.78 is 0. The highest BCUT2D eigenvalue weighted by molar-refractivity contribution is 7.98. The average molecular weight is 353 g/mol. The number of benzene rings is 2. The Hall–Kier alpha value is -2.48. The molecule has 0 fully saturated rings. The van der Waals surface area contributed by atoms with Crippen molar-refractivity contribution in [2.45, 2.75) is 4.90 Å². The molecule has 0 aliphatic heterocycles. The van der Waals surface area contributed by atoms with E-state index in [2.05, 4.69) is 4.98 Å². The second kappa shape index (κ2) is 6.96. The fourth-order valence-corrected chi connectivity index (χ4v) is 3.03. The zero-order valence-corrected chi connectivity index (χ0v) is 14.4. The molecule has 0 aliphatic rings. The summed E-state index contributed by atoms with van der Waals surface area (Å²) >= 11 is 7.60. The van der Waals surface area contributed by atoms with Gasteiger partial charge < -0.3 is 4.98 Å². The number of hydrogen-bond donors (Lipinski definition) is 1. The van der Waals surface area contributed by atoms with Gasteiger partial charge in [0.15, 0.2) is 0 Å². The molecule has 118 valence electrons. The molecular formula is C19H13ClN2OS. The van der Waals surface area contributed by atoms with Gasteiger partial charge in [0.05, 0.1) is 0 Å². The molecule has 0 atom stereocenters.